The van der Waals surface area contributed by atoms with E-state index in [9.17, 15) is 0 Å². The Morgan fingerprint density at radius 2 is 1.55 bits per heavy atom. The molecule has 0 aliphatic carbocycles. The minimum atomic E-state index is 0.692. The molecule has 0 radical (unpaired) electrons. The SMILES string of the molecule is C(=C\c1ccc(Nc2nnns2)cc1)/c1ccccc1. The highest BCUT2D eigenvalue weighted by Gasteiger charge is 1.98. The molecule has 0 amide bonds. The molecule has 0 fully saturated rings. The molecule has 2 aromatic carbocycles. The number of nitrogens with zero attached hydrogens (tertiary/aromatic N) is 3. The molecule has 0 spiro atoms. The Labute approximate surface area is 121 Å². The van der Waals surface area contributed by atoms with Crippen molar-refractivity contribution in [1.82, 2.24) is 14.8 Å². The van der Waals surface area contributed by atoms with Gasteiger partial charge in [-0.2, -0.15) is 0 Å². The van der Waals surface area contributed by atoms with E-state index in [-0.39, 0.29) is 0 Å². The molecule has 0 unspecified atom stereocenters. The van der Waals surface area contributed by atoms with Gasteiger partial charge in [-0.3, -0.25) is 0 Å². The van der Waals surface area contributed by atoms with Gasteiger partial charge in [0.25, 0.3) is 0 Å². The predicted molar refractivity (Wildman–Crippen MR) is 82.8 cm³/mol. The van der Waals surface area contributed by atoms with Crippen molar-refractivity contribution in [3.63, 3.8) is 0 Å². The summed E-state index contributed by atoms with van der Waals surface area (Å²) in [7, 11) is 0. The number of aromatic nitrogens is 3. The first-order valence-electron chi connectivity index (χ1n) is 6.15. The fourth-order valence-electron chi connectivity index (χ4n) is 1.74. The van der Waals surface area contributed by atoms with Gasteiger partial charge in [-0.25, -0.2) is 0 Å². The van der Waals surface area contributed by atoms with Crippen LogP contribution in [-0.4, -0.2) is 14.8 Å². The Bertz CT molecular complexity index is 676. The maximum absolute atomic E-state index is 3.84. The first-order chi connectivity index (χ1) is 9.90. The fraction of sp³-hybridized carbons (Fsp3) is 0. The monoisotopic (exact) mass is 280 g/mol. The molecule has 1 heterocycles. The Balaban J connectivity index is 1.68. The third-order valence-corrected chi connectivity index (χ3v) is 3.24. The van der Waals surface area contributed by atoms with Crippen LogP contribution in [0.5, 0.6) is 0 Å². The zero-order chi connectivity index (χ0) is 13.6. The zero-order valence-corrected chi connectivity index (χ0v) is 11.4. The van der Waals surface area contributed by atoms with Crippen LogP contribution in [-0.2, 0) is 0 Å². The Hall–Kier alpha value is -2.53. The van der Waals surface area contributed by atoms with E-state index in [1.165, 1.54) is 17.1 Å². The van der Waals surface area contributed by atoms with Gasteiger partial charge in [0.1, 0.15) is 0 Å². The molecular weight excluding hydrogens is 268 g/mol. The van der Waals surface area contributed by atoms with Crippen molar-refractivity contribution in [1.29, 1.82) is 0 Å². The Morgan fingerprint density at radius 1 is 0.850 bits per heavy atom. The summed E-state index contributed by atoms with van der Waals surface area (Å²) in [6.45, 7) is 0. The summed E-state index contributed by atoms with van der Waals surface area (Å²) < 4.78 is 3.71. The van der Waals surface area contributed by atoms with Crippen molar-refractivity contribution < 1.29 is 0 Å². The van der Waals surface area contributed by atoms with Crippen molar-refractivity contribution in [2.45, 2.75) is 0 Å². The maximum atomic E-state index is 3.84. The highest BCUT2D eigenvalue weighted by atomic mass is 32.1. The smallest absolute Gasteiger partial charge is 0.229 e. The van der Waals surface area contributed by atoms with Crippen molar-refractivity contribution >= 4 is 34.5 Å². The van der Waals surface area contributed by atoms with Crippen LogP contribution in [0.3, 0.4) is 0 Å². The van der Waals surface area contributed by atoms with Gasteiger partial charge in [0.05, 0.1) is 0 Å². The van der Waals surface area contributed by atoms with E-state index in [2.05, 4.69) is 56.5 Å². The lowest BCUT2D eigenvalue weighted by Crippen LogP contribution is -1.89. The lowest BCUT2D eigenvalue weighted by atomic mass is 10.1. The molecule has 1 aromatic heterocycles. The quantitative estimate of drug-likeness (QED) is 0.738. The van der Waals surface area contributed by atoms with Crippen LogP contribution >= 0.6 is 11.5 Å². The number of benzene rings is 2. The zero-order valence-electron chi connectivity index (χ0n) is 10.6. The average Bonchev–Trinajstić information content (AvgIpc) is 3.01. The van der Waals surface area contributed by atoms with Crippen molar-refractivity contribution in [2.24, 2.45) is 0 Å². The van der Waals surface area contributed by atoms with Crippen LogP contribution in [0.25, 0.3) is 12.2 Å². The lowest BCUT2D eigenvalue weighted by Gasteiger charge is -2.01. The Morgan fingerprint density at radius 3 is 2.20 bits per heavy atom. The van der Waals surface area contributed by atoms with E-state index in [1.807, 2.05) is 30.3 Å². The van der Waals surface area contributed by atoms with E-state index in [1.54, 1.807) is 0 Å². The molecule has 0 bridgehead atoms. The van der Waals surface area contributed by atoms with E-state index in [0.717, 1.165) is 11.3 Å². The molecule has 5 heteroatoms. The number of anilines is 2. The summed E-state index contributed by atoms with van der Waals surface area (Å²) in [6, 6.07) is 18.3. The van der Waals surface area contributed by atoms with E-state index in [0.29, 0.717) is 5.13 Å². The number of rotatable bonds is 4. The minimum absolute atomic E-state index is 0.692. The molecule has 0 atom stereocenters. The molecule has 3 rings (SSSR count). The van der Waals surface area contributed by atoms with Crippen LogP contribution in [0.1, 0.15) is 11.1 Å². The highest BCUT2D eigenvalue weighted by Crippen LogP contribution is 2.17. The summed E-state index contributed by atoms with van der Waals surface area (Å²) >= 11 is 1.23. The second-order valence-corrected chi connectivity index (χ2v) is 4.89. The third-order valence-electron chi connectivity index (χ3n) is 2.73. The Kier molecular flexibility index (Phi) is 3.80. The van der Waals surface area contributed by atoms with Gasteiger partial charge < -0.3 is 5.32 Å². The van der Waals surface area contributed by atoms with Crippen molar-refractivity contribution in [3.8, 4) is 0 Å². The first-order valence-corrected chi connectivity index (χ1v) is 6.93. The highest BCUT2D eigenvalue weighted by molar-refractivity contribution is 7.09. The number of hydrogen-bond donors (Lipinski definition) is 1. The number of nitrogens with one attached hydrogen (secondary N) is 1. The van der Waals surface area contributed by atoms with E-state index in [4.69, 9.17) is 0 Å². The summed E-state index contributed by atoms with van der Waals surface area (Å²) in [5, 5.41) is 11.2. The summed E-state index contributed by atoms with van der Waals surface area (Å²) in [6.07, 6.45) is 4.18. The second kappa shape index (κ2) is 6.08. The minimum Gasteiger partial charge on any atom is -0.329 e. The molecule has 0 aliphatic rings. The lowest BCUT2D eigenvalue weighted by molar-refractivity contribution is 0.961. The second-order valence-electron chi connectivity index (χ2n) is 4.16. The maximum Gasteiger partial charge on any atom is 0.229 e. The molecule has 98 valence electrons. The van der Waals surface area contributed by atoms with Crippen LogP contribution in [0, 0.1) is 0 Å². The van der Waals surface area contributed by atoms with E-state index < -0.39 is 0 Å². The van der Waals surface area contributed by atoms with E-state index >= 15 is 0 Å². The molecule has 0 aliphatic heterocycles. The van der Waals surface area contributed by atoms with Gasteiger partial charge in [-0.15, -0.1) is 0 Å². The molecule has 0 saturated carbocycles. The van der Waals surface area contributed by atoms with Gasteiger partial charge >= 0.3 is 0 Å². The molecular formula is C15H12N4S. The molecule has 4 nitrogen and oxygen atoms in total. The van der Waals surface area contributed by atoms with Crippen LogP contribution in [0.15, 0.2) is 54.6 Å². The van der Waals surface area contributed by atoms with Gasteiger partial charge in [0.2, 0.25) is 5.13 Å². The molecule has 3 aromatic rings. The summed E-state index contributed by atoms with van der Waals surface area (Å²) in [4.78, 5) is 0. The summed E-state index contributed by atoms with van der Waals surface area (Å²) in [5.41, 5.74) is 3.31. The normalized spacial score (nSPS) is 10.8. The summed E-state index contributed by atoms with van der Waals surface area (Å²) in [5.74, 6) is 0. The fourth-order valence-corrected chi connectivity index (χ4v) is 2.13. The average molecular weight is 280 g/mol. The van der Waals surface area contributed by atoms with Crippen molar-refractivity contribution in [3.05, 3.63) is 65.7 Å². The largest absolute Gasteiger partial charge is 0.329 e. The van der Waals surface area contributed by atoms with Gasteiger partial charge in [0, 0.05) is 17.2 Å². The topological polar surface area (TPSA) is 50.7 Å². The first kappa shape index (κ1) is 12.5. The van der Waals surface area contributed by atoms with Gasteiger partial charge in [0.15, 0.2) is 0 Å². The predicted octanol–water partition coefficient (Wildman–Crippen LogP) is 3.85. The third kappa shape index (κ3) is 3.27. The van der Waals surface area contributed by atoms with Crippen LogP contribution in [0.2, 0.25) is 0 Å². The molecule has 1 N–H and O–H groups in total. The molecule has 20 heavy (non-hydrogen) atoms. The number of hydrogen-bond acceptors (Lipinski definition) is 5. The van der Waals surface area contributed by atoms with Gasteiger partial charge in [-0.05, 0) is 28.5 Å². The van der Waals surface area contributed by atoms with Crippen LogP contribution < -0.4 is 5.32 Å². The standard InChI is InChI=1S/C15H12N4S/c1-2-4-12(5-3-1)6-7-13-8-10-14(11-9-13)16-15-17-18-19-20-15/h1-11H,(H,16,17,19)/b7-6+. The molecule has 0 saturated heterocycles. The van der Waals surface area contributed by atoms with Crippen molar-refractivity contribution in [2.75, 3.05) is 5.32 Å². The van der Waals surface area contributed by atoms with Crippen LogP contribution in [0.4, 0.5) is 10.8 Å². The van der Waals surface area contributed by atoms with Gasteiger partial charge in [-0.1, -0.05) is 64.2 Å².